The van der Waals surface area contributed by atoms with E-state index in [1.54, 1.807) is 0 Å². The van der Waals surface area contributed by atoms with E-state index in [0.29, 0.717) is 37.2 Å². The first-order valence-electron chi connectivity index (χ1n) is 11.9. The fourth-order valence-corrected chi connectivity index (χ4v) is 4.57. The molecule has 0 saturated heterocycles. The van der Waals surface area contributed by atoms with Crippen LogP contribution in [0.4, 0.5) is 17.1 Å². The van der Waals surface area contributed by atoms with Crippen LogP contribution in [-0.2, 0) is 11.3 Å². The van der Waals surface area contributed by atoms with Crippen LogP contribution in [0.2, 0.25) is 0 Å². The summed E-state index contributed by atoms with van der Waals surface area (Å²) >= 11 is 0. The highest BCUT2D eigenvalue weighted by atomic mass is 16.6. The van der Waals surface area contributed by atoms with Gasteiger partial charge in [0, 0.05) is 30.8 Å². The summed E-state index contributed by atoms with van der Waals surface area (Å²) in [7, 11) is 2.16. The number of nitro benzene ring substituents is 1. The van der Waals surface area contributed by atoms with Gasteiger partial charge in [0.1, 0.15) is 5.69 Å². The van der Waals surface area contributed by atoms with Crippen LogP contribution in [0, 0.1) is 10.1 Å². The summed E-state index contributed by atoms with van der Waals surface area (Å²) in [6.07, 6.45) is 7.01. The SMILES string of the molecule is CN(Cc1ccccc1NCC(=O)Nc1cc2c(cc1[N+](=O)[O-])OCCCO2)C1CCCCC1. The minimum Gasteiger partial charge on any atom is -0.489 e. The van der Waals surface area contributed by atoms with Gasteiger partial charge in [-0.1, -0.05) is 37.5 Å². The Kier molecular flexibility index (Phi) is 7.84. The summed E-state index contributed by atoms with van der Waals surface area (Å²) in [4.78, 5) is 26.1. The minimum absolute atomic E-state index is 0.0181. The van der Waals surface area contributed by atoms with Crippen molar-refractivity contribution in [2.24, 2.45) is 0 Å². The molecular formula is C25H32N4O5. The van der Waals surface area contributed by atoms with E-state index in [4.69, 9.17) is 9.47 Å². The molecule has 0 radical (unpaired) electrons. The predicted molar refractivity (Wildman–Crippen MR) is 131 cm³/mol. The van der Waals surface area contributed by atoms with Crippen molar-refractivity contribution < 1.29 is 19.2 Å². The second kappa shape index (κ2) is 11.2. The quantitative estimate of drug-likeness (QED) is 0.432. The van der Waals surface area contributed by atoms with Crippen molar-refractivity contribution in [1.82, 2.24) is 4.90 Å². The lowest BCUT2D eigenvalue weighted by Crippen LogP contribution is -2.33. The average Bonchev–Trinajstić information content (AvgIpc) is 3.08. The van der Waals surface area contributed by atoms with Gasteiger partial charge in [-0.3, -0.25) is 19.8 Å². The van der Waals surface area contributed by atoms with Crippen molar-refractivity contribution in [3.8, 4) is 11.5 Å². The van der Waals surface area contributed by atoms with Gasteiger partial charge in [0.2, 0.25) is 5.91 Å². The molecule has 1 aliphatic heterocycles. The lowest BCUT2D eigenvalue weighted by atomic mass is 9.94. The molecule has 182 valence electrons. The van der Waals surface area contributed by atoms with E-state index in [0.717, 1.165) is 17.8 Å². The second-order valence-electron chi connectivity index (χ2n) is 8.89. The van der Waals surface area contributed by atoms with Gasteiger partial charge in [0.25, 0.3) is 5.69 Å². The number of rotatable bonds is 8. The van der Waals surface area contributed by atoms with Crippen LogP contribution in [0.1, 0.15) is 44.1 Å². The molecule has 2 aliphatic rings. The van der Waals surface area contributed by atoms with Crippen molar-refractivity contribution in [2.45, 2.75) is 51.1 Å². The molecule has 1 amide bonds. The van der Waals surface area contributed by atoms with Crippen LogP contribution in [0.5, 0.6) is 11.5 Å². The van der Waals surface area contributed by atoms with Gasteiger partial charge < -0.3 is 20.1 Å². The van der Waals surface area contributed by atoms with Gasteiger partial charge in [-0.15, -0.1) is 0 Å². The van der Waals surface area contributed by atoms with Gasteiger partial charge in [-0.25, -0.2) is 0 Å². The Morgan fingerprint density at radius 1 is 1.06 bits per heavy atom. The van der Waals surface area contributed by atoms with E-state index < -0.39 is 4.92 Å². The standard InChI is InChI=1S/C25H32N4O5/c1-28(19-9-3-2-4-10-19)17-18-8-5-6-11-20(18)26-16-25(30)27-21-14-23-24(15-22(21)29(31)32)34-13-7-12-33-23/h5-6,8,11,14-15,19,26H,2-4,7,9-10,12-13,16-17H2,1H3,(H,27,30). The molecule has 0 unspecified atom stereocenters. The van der Waals surface area contributed by atoms with Crippen LogP contribution >= 0.6 is 0 Å². The Bertz CT molecular complexity index is 1020. The molecule has 4 rings (SSSR count). The Labute approximate surface area is 199 Å². The van der Waals surface area contributed by atoms with Crippen LogP contribution in [0.25, 0.3) is 0 Å². The number of nitrogens with one attached hydrogen (secondary N) is 2. The lowest BCUT2D eigenvalue weighted by Gasteiger charge is -2.31. The van der Waals surface area contributed by atoms with E-state index in [1.807, 2.05) is 18.2 Å². The third-order valence-corrected chi connectivity index (χ3v) is 6.41. The van der Waals surface area contributed by atoms with E-state index >= 15 is 0 Å². The zero-order valence-electron chi connectivity index (χ0n) is 19.5. The third kappa shape index (κ3) is 5.96. The van der Waals surface area contributed by atoms with Gasteiger partial charge in [-0.2, -0.15) is 0 Å². The summed E-state index contributed by atoms with van der Waals surface area (Å²) in [5.74, 6) is 0.326. The average molecular weight is 469 g/mol. The monoisotopic (exact) mass is 468 g/mol. The Morgan fingerprint density at radius 3 is 2.50 bits per heavy atom. The number of nitrogens with zero attached hydrogens (tertiary/aromatic N) is 2. The molecule has 34 heavy (non-hydrogen) atoms. The molecule has 0 aromatic heterocycles. The van der Waals surface area contributed by atoms with E-state index in [9.17, 15) is 14.9 Å². The van der Waals surface area contributed by atoms with Crippen LogP contribution < -0.4 is 20.1 Å². The fraction of sp³-hybridized carbons (Fsp3) is 0.480. The van der Waals surface area contributed by atoms with Gasteiger partial charge >= 0.3 is 0 Å². The Morgan fingerprint density at radius 2 is 1.76 bits per heavy atom. The van der Waals surface area contributed by atoms with Gasteiger partial charge in [-0.05, 0) is 31.5 Å². The summed E-state index contributed by atoms with van der Waals surface area (Å²) in [5, 5.41) is 17.4. The summed E-state index contributed by atoms with van der Waals surface area (Å²) in [6.45, 7) is 1.65. The van der Waals surface area contributed by atoms with E-state index in [1.165, 1.54) is 44.2 Å². The highest BCUT2D eigenvalue weighted by Gasteiger charge is 2.23. The number of nitro groups is 1. The maximum absolute atomic E-state index is 12.7. The number of benzene rings is 2. The molecule has 1 fully saturated rings. The predicted octanol–water partition coefficient (Wildman–Crippen LogP) is 4.57. The molecule has 2 aromatic rings. The molecule has 9 heteroatoms. The maximum Gasteiger partial charge on any atom is 0.296 e. The smallest absolute Gasteiger partial charge is 0.296 e. The first kappa shape index (κ1) is 23.8. The number of amides is 1. The normalized spacial score (nSPS) is 16.1. The summed E-state index contributed by atoms with van der Waals surface area (Å²) < 4.78 is 11.2. The molecule has 0 atom stereocenters. The molecule has 1 aliphatic carbocycles. The largest absolute Gasteiger partial charge is 0.489 e. The Hall–Kier alpha value is -3.33. The fourth-order valence-electron chi connectivity index (χ4n) is 4.57. The van der Waals surface area contributed by atoms with Crippen molar-refractivity contribution in [1.29, 1.82) is 0 Å². The minimum atomic E-state index is -0.534. The number of para-hydroxylation sites is 1. The number of fused-ring (bicyclic) bond motifs is 1. The third-order valence-electron chi connectivity index (χ3n) is 6.41. The number of carbonyl (C=O) groups excluding carboxylic acids is 1. The number of hydrogen-bond acceptors (Lipinski definition) is 7. The van der Waals surface area contributed by atoms with Crippen LogP contribution in [-0.4, -0.2) is 48.6 Å². The van der Waals surface area contributed by atoms with Gasteiger partial charge in [0.05, 0.1) is 30.7 Å². The number of carbonyl (C=O) groups is 1. The summed E-state index contributed by atoms with van der Waals surface area (Å²) in [6, 6.07) is 11.3. The molecule has 0 spiro atoms. The highest BCUT2D eigenvalue weighted by molar-refractivity contribution is 5.96. The first-order chi connectivity index (χ1) is 16.5. The molecule has 9 nitrogen and oxygen atoms in total. The maximum atomic E-state index is 12.7. The molecule has 2 aromatic carbocycles. The van der Waals surface area contributed by atoms with Gasteiger partial charge in [0.15, 0.2) is 11.5 Å². The molecular weight excluding hydrogens is 436 g/mol. The Balaban J connectivity index is 1.41. The van der Waals surface area contributed by atoms with Crippen LogP contribution in [0.15, 0.2) is 36.4 Å². The lowest BCUT2D eigenvalue weighted by molar-refractivity contribution is -0.384. The number of anilines is 2. The van der Waals surface area contributed by atoms with E-state index in [2.05, 4.69) is 28.6 Å². The molecule has 1 saturated carbocycles. The van der Waals surface area contributed by atoms with Crippen LogP contribution in [0.3, 0.4) is 0 Å². The molecule has 0 bridgehead atoms. The first-order valence-corrected chi connectivity index (χ1v) is 11.9. The highest BCUT2D eigenvalue weighted by Crippen LogP contribution is 2.39. The van der Waals surface area contributed by atoms with Crippen molar-refractivity contribution in [3.63, 3.8) is 0 Å². The number of hydrogen-bond donors (Lipinski definition) is 2. The zero-order valence-corrected chi connectivity index (χ0v) is 19.5. The molecule has 1 heterocycles. The zero-order chi connectivity index (χ0) is 23.9. The second-order valence-corrected chi connectivity index (χ2v) is 8.89. The number of ether oxygens (including phenoxy) is 2. The topological polar surface area (TPSA) is 106 Å². The van der Waals surface area contributed by atoms with Crippen molar-refractivity contribution >= 4 is 23.0 Å². The van der Waals surface area contributed by atoms with Crippen molar-refractivity contribution in [2.75, 3.05) is 37.4 Å². The molecule has 2 N–H and O–H groups in total. The van der Waals surface area contributed by atoms with Crippen molar-refractivity contribution in [3.05, 3.63) is 52.1 Å². The summed E-state index contributed by atoms with van der Waals surface area (Å²) in [5.41, 5.74) is 1.86. The van der Waals surface area contributed by atoms with E-state index in [-0.39, 0.29) is 23.8 Å².